The maximum absolute atomic E-state index is 13.0. The lowest BCUT2D eigenvalue weighted by Gasteiger charge is -2.07. The van der Waals surface area contributed by atoms with Crippen LogP contribution in [0.1, 0.15) is 11.3 Å². The van der Waals surface area contributed by atoms with Gasteiger partial charge in [-0.25, -0.2) is 4.39 Å². The fourth-order valence-electron chi connectivity index (χ4n) is 1.39. The maximum Gasteiger partial charge on any atom is 0.138 e. The molecule has 0 saturated carbocycles. The van der Waals surface area contributed by atoms with E-state index in [1.54, 1.807) is 18.3 Å². The first-order chi connectivity index (χ1) is 8.69. The van der Waals surface area contributed by atoms with Crippen molar-refractivity contribution in [3.63, 3.8) is 0 Å². The van der Waals surface area contributed by atoms with Crippen molar-refractivity contribution in [3.05, 3.63) is 58.6 Å². The van der Waals surface area contributed by atoms with Crippen molar-refractivity contribution < 1.29 is 9.13 Å². The summed E-state index contributed by atoms with van der Waals surface area (Å²) in [6, 6.07) is 7.70. The van der Waals surface area contributed by atoms with E-state index < -0.39 is 0 Å². The van der Waals surface area contributed by atoms with Crippen LogP contribution < -0.4 is 4.74 Å². The van der Waals surface area contributed by atoms with E-state index in [2.05, 4.69) is 4.98 Å². The molecule has 2 rings (SSSR count). The number of pyridine rings is 1. The number of benzene rings is 1. The summed E-state index contributed by atoms with van der Waals surface area (Å²) in [6.45, 7) is 0.193. The van der Waals surface area contributed by atoms with Crippen molar-refractivity contribution in [3.8, 4) is 5.75 Å². The molecule has 0 bridgehead atoms. The highest BCUT2D eigenvalue weighted by Gasteiger charge is 2.03. The van der Waals surface area contributed by atoms with E-state index in [4.69, 9.17) is 27.9 Å². The van der Waals surface area contributed by atoms with Gasteiger partial charge in [0, 0.05) is 10.6 Å². The Balaban J connectivity index is 2.04. The Bertz CT molecular complexity index is 531. The minimum Gasteiger partial charge on any atom is -0.487 e. The molecule has 5 heteroatoms. The minimum absolute atomic E-state index is 0.193. The molecule has 0 N–H and O–H groups in total. The lowest BCUT2D eigenvalue weighted by Crippen LogP contribution is -1.98. The number of hydrogen-bond acceptors (Lipinski definition) is 2. The fraction of sp³-hybridized carbons (Fsp3) is 0.154. The molecule has 0 aliphatic heterocycles. The van der Waals surface area contributed by atoms with Gasteiger partial charge in [-0.2, -0.15) is 0 Å². The van der Waals surface area contributed by atoms with Gasteiger partial charge < -0.3 is 4.74 Å². The second-order valence-electron chi connectivity index (χ2n) is 3.64. The molecule has 0 atom stereocenters. The molecule has 0 unspecified atom stereocenters. The van der Waals surface area contributed by atoms with Crippen molar-refractivity contribution in [2.75, 3.05) is 0 Å². The normalized spacial score (nSPS) is 10.4. The molecule has 0 fully saturated rings. The predicted octanol–water partition coefficient (Wildman–Crippen LogP) is 4.19. The first-order valence-electron chi connectivity index (χ1n) is 5.26. The Morgan fingerprint density at radius 1 is 1.22 bits per heavy atom. The largest absolute Gasteiger partial charge is 0.487 e. The van der Waals surface area contributed by atoms with Crippen molar-refractivity contribution in [1.29, 1.82) is 0 Å². The third kappa shape index (κ3) is 3.34. The third-order valence-electron chi connectivity index (χ3n) is 2.34. The fourth-order valence-corrected chi connectivity index (χ4v) is 1.72. The Kier molecular flexibility index (Phi) is 4.39. The summed E-state index contributed by atoms with van der Waals surface area (Å²) in [5.74, 6) is 0.605. The minimum atomic E-state index is -0.339. The van der Waals surface area contributed by atoms with E-state index in [0.29, 0.717) is 22.2 Å². The molecule has 0 saturated heterocycles. The van der Waals surface area contributed by atoms with Gasteiger partial charge in [0.1, 0.15) is 18.2 Å². The van der Waals surface area contributed by atoms with E-state index in [0.717, 1.165) is 5.69 Å². The zero-order valence-electron chi connectivity index (χ0n) is 9.37. The Labute approximate surface area is 114 Å². The van der Waals surface area contributed by atoms with E-state index >= 15 is 0 Å². The van der Waals surface area contributed by atoms with E-state index in [1.165, 1.54) is 18.2 Å². The Hall–Kier alpha value is -1.32. The van der Waals surface area contributed by atoms with Gasteiger partial charge in [0.25, 0.3) is 0 Å². The van der Waals surface area contributed by atoms with Gasteiger partial charge in [0.15, 0.2) is 0 Å². The number of alkyl halides is 1. The van der Waals surface area contributed by atoms with Crippen LogP contribution in [-0.4, -0.2) is 4.98 Å². The van der Waals surface area contributed by atoms with Crippen LogP contribution in [0.4, 0.5) is 4.39 Å². The highest BCUT2D eigenvalue weighted by molar-refractivity contribution is 6.31. The molecule has 1 aromatic heterocycles. The predicted molar refractivity (Wildman–Crippen MR) is 69.5 cm³/mol. The first-order valence-corrected chi connectivity index (χ1v) is 6.18. The number of hydrogen-bond donors (Lipinski definition) is 0. The van der Waals surface area contributed by atoms with E-state index in [1.807, 2.05) is 0 Å². The molecule has 0 aliphatic carbocycles. The zero-order chi connectivity index (χ0) is 13.0. The van der Waals surface area contributed by atoms with Crippen LogP contribution in [0.25, 0.3) is 0 Å². The Morgan fingerprint density at radius 3 is 2.72 bits per heavy atom. The van der Waals surface area contributed by atoms with Crippen LogP contribution in [-0.2, 0) is 12.5 Å². The molecule has 94 valence electrons. The van der Waals surface area contributed by atoms with Crippen LogP contribution in [0, 0.1) is 5.82 Å². The van der Waals surface area contributed by atoms with Crippen LogP contribution in [0.15, 0.2) is 36.5 Å². The molecular formula is C13H10Cl2FNO. The van der Waals surface area contributed by atoms with E-state index in [9.17, 15) is 4.39 Å². The van der Waals surface area contributed by atoms with Gasteiger partial charge in [-0.3, -0.25) is 4.98 Å². The monoisotopic (exact) mass is 285 g/mol. The van der Waals surface area contributed by atoms with Gasteiger partial charge in [-0.05, 0) is 30.3 Å². The summed E-state index contributed by atoms with van der Waals surface area (Å²) in [7, 11) is 0. The smallest absolute Gasteiger partial charge is 0.138 e. The Morgan fingerprint density at radius 2 is 2.06 bits per heavy atom. The molecule has 0 aliphatic rings. The zero-order valence-corrected chi connectivity index (χ0v) is 10.9. The molecule has 1 heterocycles. The molecule has 1 aromatic carbocycles. The summed E-state index contributed by atoms with van der Waals surface area (Å²) < 4.78 is 18.5. The van der Waals surface area contributed by atoms with Gasteiger partial charge >= 0.3 is 0 Å². The molecule has 0 radical (unpaired) electrons. The van der Waals surface area contributed by atoms with Crippen molar-refractivity contribution in [1.82, 2.24) is 4.98 Å². The lowest BCUT2D eigenvalue weighted by molar-refractivity contribution is 0.304. The molecule has 0 spiro atoms. The van der Waals surface area contributed by atoms with Crippen LogP contribution in [0.2, 0.25) is 5.02 Å². The summed E-state index contributed by atoms with van der Waals surface area (Å²) >= 11 is 11.6. The van der Waals surface area contributed by atoms with Crippen molar-refractivity contribution in [2.24, 2.45) is 0 Å². The maximum atomic E-state index is 13.0. The highest BCUT2D eigenvalue weighted by Crippen LogP contribution is 2.19. The molecule has 2 nitrogen and oxygen atoms in total. The third-order valence-corrected chi connectivity index (χ3v) is 2.98. The van der Waals surface area contributed by atoms with E-state index in [-0.39, 0.29) is 12.4 Å². The average Bonchev–Trinajstić information content (AvgIpc) is 2.40. The van der Waals surface area contributed by atoms with Gasteiger partial charge in [0.05, 0.1) is 17.8 Å². The first kappa shape index (κ1) is 13.1. The number of rotatable bonds is 4. The number of nitrogens with zero attached hydrogens (tertiary/aromatic N) is 1. The summed E-state index contributed by atoms with van der Waals surface area (Å²) in [5.41, 5.74) is 1.37. The van der Waals surface area contributed by atoms with Crippen molar-refractivity contribution >= 4 is 23.2 Å². The highest BCUT2D eigenvalue weighted by atomic mass is 35.5. The lowest BCUT2D eigenvalue weighted by atomic mass is 10.2. The molecule has 2 aromatic rings. The van der Waals surface area contributed by atoms with Crippen LogP contribution >= 0.6 is 23.2 Å². The number of aromatic nitrogens is 1. The second kappa shape index (κ2) is 6.03. The number of halogens is 3. The summed E-state index contributed by atoms with van der Waals surface area (Å²) in [6.07, 6.45) is 1.57. The SMILES string of the molecule is Fc1ccc(Cl)c(COc2ccc(CCl)nc2)c1. The number of ether oxygens (including phenoxy) is 1. The standard InChI is InChI=1S/C13H10Cl2FNO/c14-6-11-2-3-12(7-17-11)18-8-9-5-10(16)1-4-13(9)15/h1-5,7H,6,8H2. The summed E-state index contributed by atoms with van der Waals surface area (Å²) in [4.78, 5) is 4.09. The van der Waals surface area contributed by atoms with Gasteiger partial charge in [-0.1, -0.05) is 11.6 Å². The average molecular weight is 286 g/mol. The summed E-state index contributed by atoms with van der Waals surface area (Å²) in [5, 5.41) is 0.474. The molecule has 0 amide bonds. The topological polar surface area (TPSA) is 22.1 Å². The van der Waals surface area contributed by atoms with Gasteiger partial charge in [0.2, 0.25) is 0 Å². The van der Waals surface area contributed by atoms with Crippen LogP contribution in [0.5, 0.6) is 5.75 Å². The molecular weight excluding hydrogens is 276 g/mol. The van der Waals surface area contributed by atoms with Crippen LogP contribution in [0.3, 0.4) is 0 Å². The molecule has 18 heavy (non-hydrogen) atoms. The quantitative estimate of drug-likeness (QED) is 0.786. The second-order valence-corrected chi connectivity index (χ2v) is 4.32. The van der Waals surface area contributed by atoms with Gasteiger partial charge in [-0.15, -0.1) is 11.6 Å². The van der Waals surface area contributed by atoms with Crippen molar-refractivity contribution in [2.45, 2.75) is 12.5 Å².